The van der Waals surface area contributed by atoms with Crippen molar-refractivity contribution in [2.45, 2.75) is 19.3 Å². The Hall–Kier alpha value is -2.66. The van der Waals surface area contributed by atoms with Crippen LogP contribution in [0.15, 0.2) is 48.5 Å². The lowest BCUT2D eigenvalue weighted by molar-refractivity contribution is -0.150. The van der Waals surface area contributed by atoms with Crippen LogP contribution in [0.3, 0.4) is 0 Å². The summed E-state index contributed by atoms with van der Waals surface area (Å²) in [6, 6.07) is 16.1. The Morgan fingerprint density at radius 1 is 1.22 bits per heavy atom. The normalized spacial score (nSPS) is 12.3. The molecule has 0 fully saturated rings. The molecule has 0 aliphatic heterocycles. The van der Waals surface area contributed by atoms with Crippen LogP contribution in [-0.2, 0) is 9.63 Å². The molecule has 3 rings (SSSR count). The molecule has 0 amide bonds. The van der Waals surface area contributed by atoms with Gasteiger partial charge in [0.25, 0.3) is 0 Å². The van der Waals surface area contributed by atoms with E-state index in [1.54, 1.807) is 7.05 Å². The number of fused-ring (bicyclic) bond motifs is 1. The van der Waals surface area contributed by atoms with Crippen molar-refractivity contribution in [3.63, 3.8) is 0 Å². The van der Waals surface area contributed by atoms with E-state index in [9.17, 15) is 4.79 Å². The summed E-state index contributed by atoms with van der Waals surface area (Å²) < 4.78 is 0. The fourth-order valence-electron chi connectivity index (χ4n) is 2.82. The van der Waals surface area contributed by atoms with Crippen molar-refractivity contribution in [2.24, 2.45) is 0 Å². The summed E-state index contributed by atoms with van der Waals surface area (Å²) in [6.45, 7) is 1.97. The van der Waals surface area contributed by atoms with Gasteiger partial charge in [-0.1, -0.05) is 36.4 Å². The van der Waals surface area contributed by atoms with Gasteiger partial charge in [-0.2, -0.15) is 10.6 Å². The van der Waals surface area contributed by atoms with E-state index in [-0.39, 0.29) is 18.3 Å². The van der Waals surface area contributed by atoms with Crippen LogP contribution in [0.25, 0.3) is 10.9 Å². The molecule has 3 aromatic rings. The molecule has 5 heteroatoms. The van der Waals surface area contributed by atoms with E-state index < -0.39 is 0 Å². The summed E-state index contributed by atoms with van der Waals surface area (Å²) in [5.41, 5.74) is 6.55. The molecule has 0 saturated carbocycles. The van der Waals surface area contributed by atoms with E-state index in [0.717, 1.165) is 27.7 Å². The van der Waals surface area contributed by atoms with Gasteiger partial charge in [0.15, 0.2) is 0 Å². The van der Waals surface area contributed by atoms with Crippen LogP contribution in [0, 0.1) is 6.92 Å². The Kier molecular flexibility index (Phi) is 4.39. The van der Waals surface area contributed by atoms with Crippen LogP contribution in [0.1, 0.15) is 29.2 Å². The molecule has 0 aliphatic carbocycles. The molecule has 0 saturated heterocycles. The highest BCUT2D eigenvalue weighted by molar-refractivity contribution is 5.82. The first-order valence-electron chi connectivity index (χ1n) is 7.55. The molecule has 1 aromatic heterocycles. The van der Waals surface area contributed by atoms with Crippen molar-refractivity contribution in [3.8, 4) is 0 Å². The minimum atomic E-state index is -0.287. The quantitative estimate of drug-likeness (QED) is 0.711. The van der Waals surface area contributed by atoms with Crippen molar-refractivity contribution in [2.75, 3.05) is 7.05 Å². The number of aryl methyl sites for hydroxylation is 1. The van der Waals surface area contributed by atoms with E-state index >= 15 is 0 Å². The maximum absolute atomic E-state index is 12.0. The third-order valence-corrected chi connectivity index (χ3v) is 3.97. The Morgan fingerprint density at radius 3 is 2.74 bits per heavy atom. The summed E-state index contributed by atoms with van der Waals surface area (Å²) in [5.74, 6) is -0.346. The predicted molar refractivity (Wildman–Crippen MR) is 88.9 cm³/mol. The fourth-order valence-corrected chi connectivity index (χ4v) is 2.82. The fraction of sp³-hybridized carbons (Fsp3) is 0.222. The number of nitrogens with one attached hydrogen (secondary N) is 2. The Balaban J connectivity index is 2.01. The Bertz CT molecular complexity index is 812. The molecular weight excluding hydrogens is 290 g/mol. The monoisotopic (exact) mass is 309 g/mol. The number of aromatic amines is 1. The predicted octanol–water partition coefficient (Wildman–Crippen LogP) is 3.07. The number of benzene rings is 2. The second-order valence-corrected chi connectivity index (χ2v) is 5.46. The maximum Gasteiger partial charge on any atom is 0.325 e. The number of rotatable bonds is 5. The highest BCUT2D eigenvalue weighted by atomic mass is 16.7. The number of H-pyrrole nitrogens is 1. The standard InChI is InChI=1S/C18H19N3O2/c1-12-15-10-14(8-9-17(15)21-20-12)16(11-18(22)23-19-2)13-6-4-3-5-7-13/h3-10,16,19H,11H2,1-2H3,(H,20,21). The first-order valence-corrected chi connectivity index (χ1v) is 7.55. The molecule has 118 valence electrons. The number of carbonyl (C=O) groups is 1. The summed E-state index contributed by atoms with van der Waals surface area (Å²) in [7, 11) is 1.58. The van der Waals surface area contributed by atoms with E-state index in [2.05, 4.69) is 21.7 Å². The highest BCUT2D eigenvalue weighted by Gasteiger charge is 2.20. The second kappa shape index (κ2) is 6.62. The SMILES string of the molecule is CNOC(=O)CC(c1ccccc1)c1ccc2[nH]nc(C)c2c1. The Labute approximate surface area is 134 Å². The first kappa shape index (κ1) is 15.2. The molecule has 0 radical (unpaired) electrons. The molecule has 0 aliphatic rings. The zero-order valence-electron chi connectivity index (χ0n) is 13.2. The topological polar surface area (TPSA) is 67.0 Å². The molecule has 23 heavy (non-hydrogen) atoms. The minimum Gasteiger partial charge on any atom is -0.371 e. The minimum absolute atomic E-state index is 0.0595. The number of hydrogen-bond acceptors (Lipinski definition) is 4. The molecule has 1 unspecified atom stereocenters. The van der Waals surface area contributed by atoms with Crippen molar-refractivity contribution in [1.29, 1.82) is 0 Å². The first-order chi connectivity index (χ1) is 11.2. The molecule has 0 bridgehead atoms. The summed E-state index contributed by atoms with van der Waals surface area (Å²) >= 11 is 0. The average Bonchev–Trinajstić information content (AvgIpc) is 2.94. The largest absolute Gasteiger partial charge is 0.371 e. The molecule has 1 atom stereocenters. The van der Waals surface area contributed by atoms with Gasteiger partial charge in [-0.15, -0.1) is 0 Å². The van der Waals surface area contributed by atoms with Gasteiger partial charge in [-0.3, -0.25) is 9.89 Å². The van der Waals surface area contributed by atoms with Gasteiger partial charge in [-0.05, 0) is 30.2 Å². The van der Waals surface area contributed by atoms with E-state index in [4.69, 9.17) is 4.84 Å². The van der Waals surface area contributed by atoms with Crippen molar-refractivity contribution < 1.29 is 9.63 Å². The smallest absolute Gasteiger partial charge is 0.325 e. The van der Waals surface area contributed by atoms with E-state index in [1.807, 2.05) is 49.4 Å². The maximum atomic E-state index is 12.0. The average molecular weight is 309 g/mol. The van der Waals surface area contributed by atoms with Crippen LogP contribution in [0.4, 0.5) is 0 Å². The lowest BCUT2D eigenvalue weighted by Crippen LogP contribution is -2.18. The van der Waals surface area contributed by atoms with Gasteiger partial charge >= 0.3 is 5.97 Å². The number of carbonyl (C=O) groups excluding carboxylic acids is 1. The molecule has 0 spiro atoms. The van der Waals surface area contributed by atoms with Crippen LogP contribution in [0.5, 0.6) is 0 Å². The number of hydroxylamine groups is 1. The Morgan fingerprint density at radius 2 is 2.00 bits per heavy atom. The van der Waals surface area contributed by atoms with E-state index in [1.165, 1.54) is 0 Å². The number of hydrogen-bond donors (Lipinski definition) is 2. The number of aromatic nitrogens is 2. The van der Waals surface area contributed by atoms with Gasteiger partial charge in [-0.25, -0.2) is 0 Å². The van der Waals surface area contributed by atoms with Crippen LogP contribution in [0.2, 0.25) is 0 Å². The van der Waals surface area contributed by atoms with Crippen molar-refractivity contribution in [1.82, 2.24) is 15.7 Å². The zero-order chi connectivity index (χ0) is 16.2. The lowest BCUT2D eigenvalue weighted by atomic mass is 9.88. The molecule has 1 heterocycles. The summed E-state index contributed by atoms with van der Waals surface area (Å²) in [4.78, 5) is 16.9. The number of nitrogens with zero attached hydrogens (tertiary/aromatic N) is 1. The van der Waals surface area contributed by atoms with Gasteiger partial charge < -0.3 is 4.84 Å². The summed E-state index contributed by atoms with van der Waals surface area (Å²) in [6.07, 6.45) is 0.271. The third kappa shape index (κ3) is 3.24. The molecule has 5 nitrogen and oxygen atoms in total. The van der Waals surface area contributed by atoms with Gasteiger partial charge in [0.2, 0.25) is 0 Å². The summed E-state index contributed by atoms with van der Waals surface area (Å²) in [5, 5.41) is 8.31. The van der Waals surface area contributed by atoms with Gasteiger partial charge in [0.1, 0.15) is 0 Å². The van der Waals surface area contributed by atoms with Crippen LogP contribution in [-0.4, -0.2) is 23.2 Å². The van der Waals surface area contributed by atoms with Gasteiger partial charge in [0.05, 0.1) is 17.6 Å². The lowest BCUT2D eigenvalue weighted by Gasteiger charge is -2.17. The second-order valence-electron chi connectivity index (χ2n) is 5.46. The molecular formula is C18H19N3O2. The van der Waals surface area contributed by atoms with E-state index in [0.29, 0.717) is 0 Å². The molecule has 2 N–H and O–H groups in total. The zero-order valence-corrected chi connectivity index (χ0v) is 13.2. The third-order valence-electron chi connectivity index (χ3n) is 3.97. The van der Waals surface area contributed by atoms with Gasteiger partial charge in [0, 0.05) is 18.4 Å². The van der Waals surface area contributed by atoms with Crippen molar-refractivity contribution in [3.05, 3.63) is 65.4 Å². The molecule has 2 aromatic carbocycles. The van der Waals surface area contributed by atoms with Crippen LogP contribution >= 0.6 is 0 Å². The highest BCUT2D eigenvalue weighted by Crippen LogP contribution is 2.30. The van der Waals surface area contributed by atoms with Crippen molar-refractivity contribution >= 4 is 16.9 Å². The van der Waals surface area contributed by atoms with Crippen LogP contribution < -0.4 is 5.48 Å².